The first-order valence-corrected chi connectivity index (χ1v) is 7.81. The molecule has 1 aliphatic heterocycles. The maximum Gasteiger partial charge on any atom is 0.270 e. The van der Waals surface area contributed by atoms with Gasteiger partial charge in [0.1, 0.15) is 17.2 Å². The lowest BCUT2D eigenvalue weighted by Crippen LogP contribution is -2.45. The Morgan fingerprint density at radius 1 is 1.35 bits per heavy atom. The van der Waals surface area contributed by atoms with Gasteiger partial charge in [-0.1, -0.05) is 6.92 Å². The van der Waals surface area contributed by atoms with Crippen LogP contribution in [0.4, 0.5) is 0 Å². The van der Waals surface area contributed by atoms with E-state index in [2.05, 4.69) is 11.9 Å². The van der Waals surface area contributed by atoms with Crippen molar-refractivity contribution in [3.63, 3.8) is 0 Å². The number of benzene rings is 1. The van der Waals surface area contributed by atoms with Crippen molar-refractivity contribution < 1.29 is 19.0 Å². The average Bonchev–Trinajstić information content (AvgIpc) is 3.04. The third-order valence-corrected chi connectivity index (χ3v) is 4.23. The molecular formula is C17H22N2O4. The summed E-state index contributed by atoms with van der Waals surface area (Å²) in [5, 5.41) is 0.893. The smallest absolute Gasteiger partial charge is 0.270 e. The Kier molecular flexibility index (Phi) is 4.43. The van der Waals surface area contributed by atoms with E-state index < -0.39 is 0 Å². The fourth-order valence-electron chi connectivity index (χ4n) is 2.90. The highest BCUT2D eigenvalue weighted by molar-refractivity contribution is 6.00. The third-order valence-electron chi connectivity index (χ3n) is 4.23. The SMILES string of the molecule is CC[C@H]1CN(C(=O)c2cc3cc(OC)cc(OC)c3[nH]2)CCO1. The second-order valence-corrected chi connectivity index (χ2v) is 5.63. The van der Waals surface area contributed by atoms with Gasteiger partial charge in [0, 0.05) is 24.5 Å². The minimum absolute atomic E-state index is 0.0102. The number of nitrogens with zero attached hydrogens (tertiary/aromatic N) is 1. The third kappa shape index (κ3) is 2.99. The number of carbonyl (C=O) groups excluding carboxylic acids is 1. The quantitative estimate of drug-likeness (QED) is 0.940. The van der Waals surface area contributed by atoms with Crippen molar-refractivity contribution in [2.45, 2.75) is 19.4 Å². The lowest BCUT2D eigenvalue weighted by Gasteiger charge is -2.32. The monoisotopic (exact) mass is 318 g/mol. The van der Waals surface area contributed by atoms with Gasteiger partial charge in [-0.3, -0.25) is 4.79 Å². The number of nitrogens with one attached hydrogen (secondary N) is 1. The normalized spacial score (nSPS) is 18.2. The van der Waals surface area contributed by atoms with E-state index in [9.17, 15) is 4.79 Å². The number of morpholine rings is 1. The van der Waals surface area contributed by atoms with Gasteiger partial charge in [-0.15, -0.1) is 0 Å². The number of fused-ring (bicyclic) bond motifs is 1. The van der Waals surface area contributed by atoms with Crippen molar-refractivity contribution in [3.05, 3.63) is 23.9 Å². The Morgan fingerprint density at radius 3 is 2.87 bits per heavy atom. The second kappa shape index (κ2) is 6.50. The maximum atomic E-state index is 12.8. The molecule has 1 atom stereocenters. The van der Waals surface area contributed by atoms with Gasteiger partial charge in [-0.25, -0.2) is 0 Å². The molecule has 0 saturated carbocycles. The lowest BCUT2D eigenvalue weighted by molar-refractivity contribution is -0.0227. The molecule has 1 aliphatic rings. The molecule has 0 spiro atoms. The van der Waals surface area contributed by atoms with Crippen molar-refractivity contribution in [1.29, 1.82) is 0 Å². The highest BCUT2D eigenvalue weighted by Gasteiger charge is 2.25. The molecule has 1 saturated heterocycles. The number of aromatic nitrogens is 1. The second-order valence-electron chi connectivity index (χ2n) is 5.63. The van der Waals surface area contributed by atoms with Crippen LogP contribution in [0.2, 0.25) is 0 Å². The Hall–Kier alpha value is -2.21. The van der Waals surface area contributed by atoms with Crippen molar-refractivity contribution in [1.82, 2.24) is 9.88 Å². The van der Waals surface area contributed by atoms with Gasteiger partial charge in [0.25, 0.3) is 5.91 Å². The predicted molar refractivity (Wildman–Crippen MR) is 87.3 cm³/mol. The molecule has 0 unspecified atom stereocenters. The van der Waals surface area contributed by atoms with Crippen LogP contribution in [-0.2, 0) is 4.74 Å². The number of carbonyl (C=O) groups is 1. The van der Waals surface area contributed by atoms with E-state index >= 15 is 0 Å². The molecule has 0 bridgehead atoms. The number of amides is 1. The highest BCUT2D eigenvalue weighted by Crippen LogP contribution is 2.31. The molecule has 1 N–H and O–H groups in total. The van der Waals surface area contributed by atoms with E-state index in [1.807, 2.05) is 17.0 Å². The summed E-state index contributed by atoms with van der Waals surface area (Å²) in [4.78, 5) is 17.8. The van der Waals surface area contributed by atoms with Crippen molar-refractivity contribution in [2.24, 2.45) is 0 Å². The summed E-state index contributed by atoms with van der Waals surface area (Å²) < 4.78 is 16.3. The first-order valence-electron chi connectivity index (χ1n) is 7.81. The van der Waals surface area contributed by atoms with Crippen LogP contribution >= 0.6 is 0 Å². The molecule has 3 rings (SSSR count). The molecular weight excluding hydrogens is 296 g/mol. The van der Waals surface area contributed by atoms with E-state index in [-0.39, 0.29) is 12.0 Å². The summed E-state index contributed by atoms with van der Waals surface area (Å²) in [7, 11) is 3.21. The van der Waals surface area contributed by atoms with Gasteiger partial charge >= 0.3 is 0 Å². The van der Waals surface area contributed by atoms with Crippen LogP contribution in [0.15, 0.2) is 18.2 Å². The molecule has 2 aromatic rings. The van der Waals surface area contributed by atoms with Gasteiger partial charge in [0.15, 0.2) is 0 Å². The number of H-pyrrole nitrogens is 1. The molecule has 1 amide bonds. The van der Waals surface area contributed by atoms with Gasteiger partial charge in [0.2, 0.25) is 0 Å². The molecule has 0 radical (unpaired) electrons. The highest BCUT2D eigenvalue weighted by atomic mass is 16.5. The first-order chi connectivity index (χ1) is 11.2. The number of hydrogen-bond acceptors (Lipinski definition) is 4. The fraction of sp³-hybridized carbons (Fsp3) is 0.471. The van der Waals surface area contributed by atoms with E-state index in [1.54, 1.807) is 20.3 Å². The Balaban J connectivity index is 1.92. The van der Waals surface area contributed by atoms with Crippen molar-refractivity contribution >= 4 is 16.8 Å². The molecule has 124 valence electrons. The number of hydrogen-bond donors (Lipinski definition) is 1. The molecule has 1 aromatic heterocycles. The number of ether oxygens (including phenoxy) is 3. The van der Waals surface area contributed by atoms with E-state index in [4.69, 9.17) is 14.2 Å². The summed E-state index contributed by atoms with van der Waals surface area (Å²) in [5.41, 5.74) is 1.36. The summed E-state index contributed by atoms with van der Waals surface area (Å²) in [6.45, 7) is 3.90. The number of aromatic amines is 1. The topological polar surface area (TPSA) is 63.8 Å². The van der Waals surface area contributed by atoms with E-state index in [0.29, 0.717) is 36.9 Å². The van der Waals surface area contributed by atoms with Crippen molar-refractivity contribution in [2.75, 3.05) is 33.9 Å². The van der Waals surface area contributed by atoms with Crippen LogP contribution in [0, 0.1) is 0 Å². The van der Waals surface area contributed by atoms with Gasteiger partial charge in [-0.2, -0.15) is 0 Å². The van der Waals surface area contributed by atoms with Gasteiger partial charge in [0.05, 0.1) is 32.4 Å². The lowest BCUT2D eigenvalue weighted by atomic mass is 10.2. The van der Waals surface area contributed by atoms with Crippen LogP contribution in [-0.4, -0.2) is 55.8 Å². The maximum absolute atomic E-state index is 12.8. The molecule has 6 nitrogen and oxygen atoms in total. The molecule has 2 heterocycles. The van der Waals surface area contributed by atoms with Crippen LogP contribution in [0.25, 0.3) is 10.9 Å². The molecule has 23 heavy (non-hydrogen) atoms. The largest absolute Gasteiger partial charge is 0.497 e. The van der Waals surface area contributed by atoms with Crippen LogP contribution in [0.5, 0.6) is 11.5 Å². The molecule has 1 fully saturated rings. The standard InChI is InChI=1S/C17H22N2O4/c1-4-12-10-19(5-6-23-12)17(20)14-8-11-7-13(21-2)9-15(22-3)16(11)18-14/h7-9,12,18H,4-6,10H2,1-3H3/t12-/m0/s1. The van der Waals surface area contributed by atoms with Gasteiger partial charge < -0.3 is 24.1 Å². The predicted octanol–water partition coefficient (Wildman–Crippen LogP) is 2.44. The van der Waals surface area contributed by atoms with E-state index in [0.717, 1.165) is 17.3 Å². The van der Waals surface area contributed by atoms with Crippen molar-refractivity contribution in [3.8, 4) is 11.5 Å². The van der Waals surface area contributed by atoms with Crippen LogP contribution < -0.4 is 9.47 Å². The molecule has 1 aromatic carbocycles. The fourth-order valence-corrected chi connectivity index (χ4v) is 2.90. The zero-order chi connectivity index (χ0) is 16.4. The zero-order valence-electron chi connectivity index (χ0n) is 13.7. The Morgan fingerprint density at radius 2 is 2.17 bits per heavy atom. The number of rotatable bonds is 4. The number of methoxy groups -OCH3 is 2. The molecule has 6 heteroatoms. The first kappa shape index (κ1) is 15.7. The van der Waals surface area contributed by atoms with Gasteiger partial charge in [-0.05, 0) is 18.6 Å². The summed E-state index contributed by atoms with van der Waals surface area (Å²) >= 11 is 0. The summed E-state index contributed by atoms with van der Waals surface area (Å²) in [6, 6.07) is 5.54. The Bertz CT molecular complexity index is 710. The van der Waals surface area contributed by atoms with Crippen LogP contribution in [0.3, 0.4) is 0 Å². The molecule has 0 aliphatic carbocycles. The zero-order valence-corrected chi connectivity index (χ0v) is 13.7. The minimum atomic E-state index is -0.0102. The average molecular weight is 318 g/mol. The van der Waals surface area contributed by atoms with Crippen LogP contribution in [0.1, 0.15) is 23.8 Å². The van der Waals surface area contributed by atoms with E-state index in [1.165, 1.54) is 0 Å². The summed E-state index contributed by atoms with van der Waals surface area (Å²) in [5.74, 6) is 1.35. The summed E-state index contributed by atoms with van der Waals surface area (Å²) in [6.07, 6.45) is 1.02. The Labute approximate surface area is 135 Å². The minimum Gasteiger partial charge on any atom is -0.497 e.